The highest BCUT2D eigenvalue weighted by molar-refractivity contribution is 7.12. The molecule has 1 N–H and O–H groups in total. The number of anilines is 1. The van der Waals surface area contributed by atoms with E-state index in [1.54, 1.807) is 11.4 Å². The highest BCUT2D eigenvalue weighted by atomic mass is 35.5. The lowest BCUT2D eigenvalue weighted by molar-refractivity contribution is 0.103. The highest BCUT2D eigenvalue weighted by Crippen LogP contribution is 2.25. The van der Waals surface area contributed by atoms with Gasteiger partial charge in [0.15, 0.2) is 0 Å². The molecule has 23 heavy (non-hydrogen) atoms. The molecule has 1 saturated heterocycles. The van der Waals surface area contributed by atoms with Gasteiger partial charge in [0.05, 0.1) is 5.02 Å². The molecule has 3 rings (SSSR count). The van der Waals surface area contributed by atoms with Gasteiger partial charge in [0.2, 0.25) is 0 Å². The summed E-state index contributed by atoms with van der Waals surface area (Å²) in [5, 5.41) is 5.15. The molecule has 2 heterocycles. The molecular weight excluding hydrogens is 332 g/mol. The molecule has 122 valence electrons. The fourth-order valence-electron chi connectivity index (χ4n) is 2.59. The molecule has 0 unspecified atom stereocenters. The summed E-state index contributed by atoms with van der Waals surface area (Å²) in [5.41, 5.74) is 0.713. The molecule has 1 aromatic carbocycles. The van der Waals surface area contributed by atoms with Gasteiger partial charge in [-0.2, -0.15) is 0 Å². The normalized spacial score (nSPS) is 16.3. The molecule has 1 aliphatic rings. The standard InChI is InChI=1S/C17H19ClN2O2S/c1-20-8-5-13(6-9-20)22-14-4-2-3-12(11-14)19-17(21)16-15(18)7-10-23-16/h2-4,7,10-11,13H,5-6,8-9H2,1H3,(H,19,21). The first-order chi connectivity index (χ1) is 11.1. The summed E-state index contributed by atoms with van der Waals surface area (Å²) in [7, 11) is 2.13. The van der Waals surface area contributed by atoms with Crippen LogP contribution in [0.25, 0.3) is 0 Å². The Morgan fingerprint density at radius 2 is 2.13 bits per heavy atom. The minimum atomic E-state index is -0.193. The van der Waals surface area contributed by atoms with Crippen molar-refractivity contribution in [2.24, 2.45) is 0 Å². The lowest BCUT2D eigenvalue weighted by atomic mass is 10.1. The number of thiophene rings is 1. The second-order valence-electron chi connectivity index (χ2n) is 5.70. The van der Waals surface area contributed by atoms with E-state index in [2.05, 4.69) is 17.3 Å². The van der Waals surface area contributed by atoms with Gasteiger partial charge in [-0.15, -0.1) is 11.3 Å². The molecule has 0 spiro atoms. The molecule has 1 aromatic heterocycles. The van der Waals surface area contributed by atoms with Crippen LogP contribution in [0, 0.1) is 0 Å². The fourth-order valence-corrected chi connectivity index (χ4v) is 3.62. The molecule has 1 aliphatic heterocycles. The van der Waals surface area contributed by atoms with Crippen LogP contribution in [0.5, 0.6) is 5.75 Å². The van der Waals surface area contributed by atoms with Crippen LogP contribution in [0.2, 0.25) is 5.02 Å². The maximum Gasteiger partial charge on any atom is 0.267 e. The van der Waals surface area contributed by atoms with E-state index in [0.717, 1.165) is 31.7 Å². The number of carbonyl (C=O) groups excluding carboxylic acids is 1. The zero-order chi connectivity index (χ0) is 16.2. The van der Waals surface area contributed by atoms with Gasteiger partial charge < -0.3 is 15.0 Å². The number of piperidine rings is 1. The summed E-state index contributed by atoms with van der Waals surface area (Å²) < 4.78 is 6.04. The lowest BCUT2D eigenvalue weighted by Crippen LogP contribution is -2.35. The number of halogens is 1. The molecule has 1 amide bonds. The van der Waals surface area contributed by atoms with Gasteiger partial charge in [0, 0.05) is 24.8 Å². The van der Waals surface area contributed by atoms with Crippen LogP contribution in [0.15, 0.2) is 35.7 Å². The molecule has 2 aromatic rings. The van der Waals surface area contributed by atoms with Gasteiger partial charge in [0.1, 0.15) is 16.7 Å². The number of benzene rings is 1. The zero-order valence-electron chi connectivity index (χ0n) is 12.9. The Labute approximate surface area is 145 Å². The maximum absolute atomic E-state index is 12.2. The number of nitrogens with zero attached hydrogens (tertiary/aromatic N) is 1. The van der Waals surface area contributed by atoms with Gasteiger partial charge in [0.25, 0.3) is 5.91 Å². The van der Waals surface area contributed by atoms with Gasteiger partial charge >= 0.3 is 0 Å². The van der Waals surface area contributed by atoms with Crippen LogP contribution in [-0.4, -0.2) is 37.0 Å². The minimum absolute atomic E-state index is 0.193. The molecule has 0 atom stereocenters. The van der Waals surface area contributed by atoms with E-state index in [0.29, 0.717) is 15.6 Å². The first kappa shape index (κ1) is 16.3. The predicted molar refractivity (Wildman–Crippen MR) is 94.9 cm³/mol. The largest absolute Gasteiger partial charge is 0.490 e. The van der Waals surface area contributed by atoms with Crippen LogP contribution in [-0.2, 0) is 0 Å². The van der Waals surface area contributed by atoms with Crippen molar-refractivity contribution < 1.29 is 9.53 Å². The quantitative estimate of drug-likeness (QED) is 0.901. The first-order valence-corrected chi connectivity index (χ1v) is 8.87. The van der Waals surface area contributed by atoms with E-state index >= 15 is 0 Å². The number of hydrogen-bond acceptors (Lipinski definition) is 4. The van der Waals surface area contributed by atoms with Crippen molar-refractivity contribution >= 4 is 34.5 Å². The van der Waals surface area contributed by atoms with Crippen molar-refractivity contribution in [1.82, 2.24) is 4.90 Å². The summed E-state index contributed by atoms with van der Waals surface area (Å²) in [5.74, 6) is 0.594. The summed E-state index contributed by atoms with van der Waals surface area (Å²) in [6, 6.07) is 9.24. The Kier molecular flexibility index (Phi) is 5.20. The number of amides is 1. The molecule has 4 nitrogen and oxygen atoms in total. The summed E-state index contributed by atoms with van der Waals surface area (Å²) in [6.45, 7) is 2.11. The Morgan fingerprint density at radius 3 is 2.83 bits per heavy atom. The Balaban J connectivity index is 1.63. The van der Waals surface area contributed by atoms with Crippen molar-refractivity contribution in [2.75, 3.05) is 25.5 Å². The molecule has 1 fully saturated rings. The van der Waals surface area contributed by atoms with Crippen LogP contribution in [0.4, 0.5) is 5.69 Å². The SMILES string of the molecule is CN1CCC(Oc2cccc(NC(=O)c3sccc3Cl)c2)CC1. The lowest BCUT2D eigenvalue weighted by Gasteiger charge is -2.29. The van der Waals surface area contributed by atoms with E-state index in [9.17, 15) is 4.79 Å². The Bertz CT molecular complexity index is 681. The Hall–Kier alpha value is -1.56. The third kappa shape index (κ3) is 4.25. The summed E-state index contributed by atoms with van der Waals surface area (Å²) >= 11 is 7.32. The van der Waals surface area contributed by atoms with Crippen LogP contribution in [0.1, 0.15) is 22.5 Å². The van der Waals surface area contributed by atoms with E-state index in [4.69, 9.17) is 16.3 Å². The van der Waals surface area contributed by atoms with Gasteiger partial charge in [-0.3, -0.25) is 4.79 Å². The number of hydrogen-bond donors (Lipinski definition) is 1. The predicted octanol–water partition coefficient (Wildman–Crippen LogP) is 4.13. The van der Waals surface area contributed by atoms with Gasteiger partial charge in [-0.05, 0) is 43.5 Å². The van der Waals surface area contributed by atoms with Crippen LogP contribution < -0.4 is 10.1 Å². The van der Waals surface area contributed by atoms with E-state index in [1.165, 1.54) is 11.3 Å². The van der Waals surface area contributed by atoms with Crippen molar-refractivity contribution in [1.29, 1.82) is 0 Å². The average molecular weight is 351 g/mol. The minimum Gasteiger partial charge on any atom is -0.490 e. The second-order valence-corrected chi connectivity index (χ2v) is 7.02. The third-order valence-corrected chi connectivity index (χ3v) is 5.22. The van der Waals surface area contributed by atoms with Crippen LogP contribution >= 0.6 is 22.9 Å². The second kappa shape index (κ2) is 7.34. The topological polar surface area (TPSA) is 41.6 Å². The number of nitrogens with one attached hydrogen (secondary N) is 1. The number of rotatable bonds is 4. The van der Waals surface area contributed by atoms with Crippen molar-refractivity contribution in [3.63, 3.8) is 0 Å². The summed E-state index contributed by atoms with van der Waals surface area (Å²) in [6.07, 6.45) is 2.29. The monoisotopic (exact) mass is 350 g/mol. The number of likely N-dealkylation sites (tertiary alicyclic amines) is 1. The van der Waals surface area contributed by atoms with Crippen molar-refractivity contribution in [3.05, 3.63) is 45.6 Å². The van der Waals surface area contributed by atoms with E-state index in [1.807, 2.05) is 24.3 Å². The first-order valence-electron chi connectivity index (χ1n) is 7.61. The average Bonchev–Trinajstić information content (AvgIpc) is 2.96. The van der Waals surface area contributed by atoms with Gasteiger partial charge in [-0.25, -0.2) is 0 Å². The fraction of sp³-hybridized carbons (Fsp3) is 0.353. The third-order valence-electron chi connectivity index (χ3n) is 3.88. The maximum atomic E-state index is 12.2. The smallest absolute Gasteiger partial charge is 0.267 e. The Morgan fingerprint density at radius 1 is 1.35 bits per heavy atom. The van der Waals surface area contributed by atoms with Gasteiger partial charge in [-0.1, -0.05) is 17.7 Å². The molecule has 0 saturated carbocycles. The molecule has 0 bridgehead atoms. The molecule has 0 aliphatic carbocycles. The van der Waals surface area contributed by atoms with E-state index < -0.39 is 0 Å². The van der Waals surface area contributed by atoms with E-state index in [-0.39, 0.29) is 12.0 Å². The van der Waals surface area contributed by atoms with Crippen molar-refractivity contribution in [2.45, 2.75) is 18.9 Å². The highest BCUT2D eigenvalue weighted by Gasteiger charge is 2.18. The molecule has 6 heteroatoms. The van der Waals surface area contributed by atoms with Crippen molar-refractivity contribution in [3.8, 4) is 5.75 Å². The summed E-state index contributed by atoms with van der Waals surface area (Å²) in [4.78, 5) is 15.0. The number of carbonyl (C=O) groups is 1. The van der Waals surface area contributed by atoms with Crippen LogP contribution in [0.3, 0.4) is 0 Å². The zero-order valence-corrected chi connectivity index (χ0v) is 14.5. The number of ether oxygens (including phenoxy) is 1. The molecular formula is C17H19ClN2O2S. The molecule has 0 radical (unpaired) electrons.